The molecule has 2 N–H and O–H groups in total. The molecule has 3 heteroatoms. The number of nitrogens with two attached hydrogens (primary N) is 1. The second-order valence-corrected chi connectivity index (χ2v) is 5.03. The van der Waals surface area contributed by atoms with E-state index in [2.05, 4.69) is 43.3 Å². The first-order valence-corrected chi connectivity index (χ1v) is 6.27. The van der Waals surface area contributed by atoms with Crippen LogP contribution in [0.15, 0.2) is 29.2 Å². The number of hydrogen-bond acceptors (Lipinski definition) is 3. The zero-order valence-electron chi connectivity index (χ0n) is 9.57. The Morgan fingerprint density at radius 1 is 1.33 bits per heavy atom. The number of thioether (sulfide) groups is 1. The summed E-state index contributed by atoms with van der Waals surface area (Å²) in [5.41, 5.74) is 6.81. The van der Waals surface area contributed by atoms with Gasteiger partial charge in [-0.1, -0.05) is 12.1 Å². The van der Waals surface area contributed by atoms with Gasteiger partial charge in [-0.05, 0) is 50.5 Å². The summed E-state index contributed by atoms with van der Waals surface area (Å²) < 4.78 is 0. The van der Waals surface area contributed by atoms with E-state index in [-0.39, 0.29) is 0 Å². The summed E-state index contributed by atoms with van der Waals surface area (Å²) in [6.45, 7) is 1.79. The minimum atomic E-state index is 0.631. The van der Waals surface area contributed by atoms with Crippen LogP contribution >= 0.6 is 11.8 Å². The summed E-state index contributed by atoms with van der Waals surface area (Å²) in [5, 5.41) is 0. The number of rotatable bonds is 6. The third kappa shape index (κ3) is 5.21. The van der Waals surface area contributed by atoms with Gasteiger partial charge in [0.1, 0.15) is 0 Å². The fraction of sp³-hybridized carbons (Fsp3) is 0.500. The molecule has 0 amide bonds. The second kappa shape index (κ2) is 6.88. The van der Waals surface area contributed by atoms with Gasteiger partial charge in [0.05, 0.1) is 0 Å². The summed E-state index contributed by atoms with van der Waals surface area (Å²) in [6, 6.07) is 8.49. The van der Waals surface area contributed by atoms with E-state index in [1.54, 1.807) is 0 Å². The van der Waals surface area contributed by atoms with Crippen molar-refractivity contribution in [2.75, 3.05) is 26.4 Å². The fourth-order valence-corrected chi connectivity index (χ4v) is 2.25. The minimum absolute atomic E-state index is 0.631. The fourth-order valence-electron chi connectivity index (χ4n) is 1.33. The van der Waals surface area contributed by atoms with Crippen molar-refractivity contribution in [3.8, 4) is 0 Å². The largest absolute Gasteiger partial charge is 0.326 e. The van der Waals surface area contributed by atoms with Gasteiger partial charge in [-0.2, -0.15) is 0 Å². The first-order chi connectivity index (χ1) is 7.22. The molecule has 0 aliphatic carbocycles. The van der Waals surface area contributed by atoms with Crippen LogP contribution in [0.1, 0.15) is 12.0 Å². The first kappa shape index (κ1) is 12.6. The van der Waals surface area contributed by atoms with Crippen LogP contribution in [0, 0.1) is 0 Å². The van der Waals surface area contributed by atoms with Crippen molar-refractivity contribution in [2.45, 2.75) is 17.9 Å². The monoisotopic (exact) mass is 224 g/mol. The quantitative estimate of drug-likeness (QED) is 0.593. The average Bonchev–Trinajstić information content (AvgIpc) is 2.24. The topological polar surface area (TPSA) is 29.3 Å². The summed E-state index contributed by atoms with van der Waals surface area (Å²) in [4.78, 5) is 3.55. The molecular weight excluding hydrogens is 204 g/mol. The zero-order chi connectivity index (χ0) is 11.1. The molecule has 0 fully saturated rings. The van der Waals surface area contributed by atoms with E-state index >= 15 is 0 Å². The zero-order valence-corrected chi connectivity index (χ0v) is 10.4. The lowest BCUT2D eigenvalue weighted by Gasteiger charge is -2.08. The Hall–Kier alpha value is -0.510. The van der Waals surface area contributed by atoms with Gasteiger partial charge in [0.25, 0.3) is 0 Å². The number of benzene rings is 1. The van der Waals surface area contributed by atoms with Crippen LogP contribution in [-0.4, -0.2) is 31.3 Å². The van der Waals surface area contributed by atoms with Crippen molar-refractivity contribution in [3.63, 3.8) is 0 Å². The number of nitrogens with zero attached hydrogens (tertiary/aromatic N) is 1. The third-order valence-electron chi connectivity index (χ3n) is 2.15. The Kier molecular flexibility index (Phi) is 5.76. The van der Waals surface area contributed by atoms with Gasteiger partial charge >= 0.3 is 0 Å². The maximum Gasteiger partial charge on any atom is 0.0178 e. The van der Waals surface area contributed by atoms with Crippen LogP contribution in [0.25, 0.3) is 0 Å². The van der Waals surface area contributed by atoms with Crippen LogP contribution in [0.4, 0.5) is 0 Å². The summed E-state index contributed by atoms with van der Waals surface area (Å²) in [6.07, 6.45) is 1.23. The molecule has 0 radical (unpaired) electrons. The standard InChI is InChI=1S/C12H20N2S/c1-14(2)7-4-8-15-12-6-3-5-11(9-12)10-13/h3,5-6,9H,4,7-8,10,13H2,1-2H3. The van der Waals surface area contributed by atoms with Crippen molar-refractivity contribution in [3.05, 3.63) is 29.8 Å². The van der Waals surface area contributed by atoms with E-state index in [4.69, 9.17) is 5.73 Å². The molecule has 1 aromatic rings. The van der Waals surface area contributed by atoms with Gasteiger partial charge in [-0.3, -0.25) is 0 Å². The molecule has 15 heavy (non-hydrogen) atoms. The molecule has 0 atom stereocenters. The van der Waals surface area contributed by atoms with Crippen LogP contribution in [0.3, 0.4) is 0 Å². The maximum absolute atomic E-state index is 5.60. The average molecular weight is 224 g/mol. The van der Waals surface area contributed by atoms with Crippen LogP contribution < -0.4 is 5.73 Å². The molecule has 0 aliphatic rings. The normalized spacial score (nSPS) is 10.9. The highest BCUT2D eigenvalue weighted by Crippen LogP contribution is 2.19. The van der Waals surface area contributed by atoms with Gasteiger partial charge in [-0.15, -0.1) is 11.8 Å². The Morgan fingerprint density at radius 3 is 2.80 bits per heavy atom. The van der Waals surface area contributed by atoms with Crippen LogP contribution in [0.2, 0.25) is 0 Å². The van der Waals surface area contributed by atoms with E-state index in [0.29, 0.717) is 6.54 Å². The van der Waals surface area contributed by atoms with Gasteiger partial charge < -0.3 is 10.6 Å². The van der Waals surface area contributed by atoms with Gasteiger partial charge in [0, 0.05) is 11.4 Å². The molecule has 0 aliphatic heterocycles. The number of hydrogen-bond donors (Lipinski definition) is 1. The molecule has 1 rings (SSSR count). The Labute approximate surface area is 96.8 Å². The van der Waals surface area contributed by atoms with Crippen LogP contribution in [-0.2, 0) is 6.54 Å². The molecule has 0 spiro atoms. The van der Waals surface area contributed by atoms with E-state index in [1.807, 2.05) is 11.8 Å². The summed E-state index contributed by atoms with van der Waals surface area (Å²) in [5.74, 6) is 1.17. The SMILES string of the molecule is CN(C)CCCSc1cccc(CN)c1. The molecule has 2 nitrogen and oxygen atoms in total. The van der Waals surface area contributed by atoms with Gasteiger partial charge in [0.2, 0.25) is 0 Å². The van der Waals surface area contributed by atoms with Gasteiger partial charge in [-0.25, -0.2) is 0 Å². The summed E-state index contributed by atoms with van der Waals surface area (Å²) in [7, 11) is 4.22. The predicted molar refractivity (Wildman–Crippen MR) is 68.2 cm³/mol. The van der Waals surface area contributed by atoms with E-state index in [9.17, 15) is 0 Å². The smallest absolute Gasteiger partial charge is 0.0178 e. The molecule has 0 bridgehead atoms. The molecule has 0 heterocycles. The Bertz CT molecular complexity index is 287. The highest BCUT2D eigenvalue weighted by Gasteiger charge is 1.96. The second-order valence-electron chi connectivity index (χ2n) is 3.86. The first-order valence-electron chi connectivity index (χ1n) is 5.29. The van der Waals surface area contributed by atoms with E-state index < -0.39 is 0 Å². The van der Waals surface area contributed by atoms with Crippen molar-refractivity contribution in [2.24, 2.45) is 5.73 Å². The lowest BCUT2D eigenvalue weighted by Crippen LogP contribution is -2.13. The van der Waals surface area contributed by atoms with Crippen molar-refractivity contribution >= 4 is 11.8 Å². The van der Waals surface area contributed by atoms with Crippen molar-refractivity contribution in [1.82, 2.24) is 4.90 Å². The van der Waals surface area contributed by atoms with Crippen molar-refractivity contribution < 1.29 is 0 Å². The van der Waals surface area contributed by atoms with Crippen molar-refractivity contribution in [1.29, 1.82) is 0 Å². The Morgan fingerprint density at radius 2 is 2.13 bits per heavy atom. The highest BCUT2D eigenvalue weighted by atomic mass is 32.2. The maximum atomic E-state index is 5.60. The predicted octanol–water partition coefficient (Wildman–Crippen LogP) is 2.19. The molecule has 84 valence electrons. The molecular formula is C12H20N2S. The van der Waals surface area contributed by atoms with Gasteiger partial charge in [0.15, 0.2) is 0 Å². The highest BCUT2D eigenvalue weighted by molar-refractivity contribution is 7.99. The Balaban J connectivity index is 2.30. The van der Waals surface area contributed by atoms with Crippen LogP contribution in [0.5, 0.6) is 0 Å². The molecule has 0 aromatic heterocycles. The molecule has 0 saturated carbocycles. The minimum Gasteiger partial charge on any atom is -0.326 e. The molecule has 0 unspecified atom stereocenters. The summed E-state index contributed by atoms with van der Waals surface area (Å²) >= 11 is 1.91. The third-order valence-corrected chi connectivity index (χ3v) is 3.23. The van der Waals surface area contributed by atoms with E-state index in [1.165, 1.54) is 22.6 Å². The lowest BCUT2D eigenvalue weighted by molar-refractivity contribution is 0.410. The van der Waals surface area contributed by atoms with E-state index in [0.717, 1.165) is 6.54 Å². The molecule has 0 saturated heterocycles. The molecule has 1 aromatic carbocycles. The lowest BCUT2D eigenvalue weighted by atomic mass is 10.2.